The highest BCUT2D eigenvalue weighted by Gasteiger charge is 1.94. The molecule has 0 aliphatic carbocycles. The normalized spacial score (nSPS) is 10.9. The number of aliphatic hydroxyl groups excluding tert-OH is 3. The summed E-state index contributed by atoms with van der Waals surface area (Å²) in [4.78, 5) is 0. The quantitative estimate of drug-likeness (QED) is 0.358. The third kappa shape index (κ3) is 47.5. The molecule has 2 saturated heterocycles. The minimum atomic E-state index is 0. The lowest BCUT2D eigenvalue weighted by molar-refractivity contribution is 0.102. The molecule has 2 aliphatic rings. The summed E-state index contributed by atoms with van der Waals surface area (Å²) < 4.78 is 18.8. The Morgan fingerprint density at radius 1 is 0.706 bits per heavy atom. The Bertz CT molecular complexity index is 536. The SMILES string of the molecule is C.C.C1CO1.C1CO1.CCO.CCOCCO.OCCOc1ccccc1.Oc1ccccc1. The summed E-state index contributed by atoms with van der Waals surface area (Å²) in [7, 11) is 0. The van der Waals surface area contributed by atoms with Crippen LogP contribution in [-0.2, 0) is 14.2 Å². The third-order valence-electron chi connectivity index (χ3n) is 2.71. The molecule has 0 unspecified atom stereocenters. The molecule has 2 aromatic carbocycles. The number of phenols is 1. The first-order valence-corrected chi connectivity index (χ1v) is 10.6. The van der Waals surface area contributed by atoms with Crippen LogP contribution in [-0.4, -0.2) is 86.5 Å². The average molecular weight is 489 g/mol. The summed E-state index contributed by atoms with van der Waals surface area (Å²) in [5, 5.41) is 32.7. The highest BCUT2D eigenvalue weighted by molar-refractivity contribution is 5.20. The Morgan fingerprint density at radius 2 is 1.09 bits per heavy atom. The largest absolute Gasteiger partial charge is 0.508 e. The number of aliphatic hydroxyl groups is 3. The van der Waals surface area contributed by atoms with E-state index in [2.05, 4.69) is 9.47 Å². The zero-order chi connectivity index (χ0) is 24.1. The number of hydrogen-bond acceptors (Lipinski definition) is 8. The molecule has 200 valence electrons. The maximum absolute atomic E-state index is 8.63. The van der Waals surface area contributed by atoms with Crippen molar-refractivity contribution in [2.45, 2.75) is 28.7 Å². The van der Waals surface area contributed by atoms with Crippen molar-refractivity contribution in [2.24, 2.45) is 0 Å². The first-order chi connectivity index (χ1) is 15.7. The Balaban J connectivity index is -0.000000167. The molecule has 4 rings (SSSR count). The molecule has 0 spiro atoms. The van der Waals surface area contributed by atoms with E-state index in [1.807, 2.05) is 43.3 Å². The summed E-state index contributed by atoms with van der Waals surface area (Å²) in [6.45, 7) is 9.56. The van der Waals surface area contributed by atoms with Gasteiger partial charge >= 0.3 is 0 Å². The molecule has 8 nitrogen and oxygen atoms in total. The number of hydrogen-bond donors (Lipinski definition) is 4. The number of ether oxygens (including phenoxy) is 4. The van der Waals surface area contributed by atoms with E-state index in [1.165, 1.54) is 0 Å². The fourth-order valence-corrected chi connectivity index (χ4v) is 1.32. The van der Waals surface area contributed by atoms with Gasteiger partial charge in [-0.05, 0) is 38.1 Å². The van der Waals surface area contributed by atoms with E-state index in [1.54, 1.807) is 31.2 Å². The molecule has 34 heavy (non-hydrogen) atoms. The van der Waals surface area contributed by atoms with Gasteiger partial charge in [-0.15, -0.1) is 0 Å². The zero-order valence-corrected chi connectivity index (χ0v) is 19.3. The van der Waals surface area contributed by atoms with Crippen molar-refractivity contribution in [3.8, 4) is 11.5 Å². The number of benzene rings is 2. The van der Waals surface area contributed by atoms with E-state index in [-0.39, 0.29) is 34.7 Å². The summed E-state index contributed by atoms with van der Waals surface area (Å²) in [6, 6.07) is 18.1. The molecule has 0 saturated carbocycles. The first kappa shape index (κ1) is 39.0. The van der Waals surface area contributed by atoms with Crippen molar-refractivity contribution >= 4 is 0 Å². The van der Waals surface area contributed by atoms with Gasteiger partial charge in [-0.2, -0.15) is 0 Å². The smallest absolute Gasteiger partial charge is 0.119 e. The van der Waals surface area contributed by atoms with E-state index in [9.17, 15) is 0 Å². The van der Waals surface area contributed by atoms with Gasteiger partial charge in [-0.25, -0.2) is 0 Å². The molecule has 2 aliphatic heterocycles. The fourth-order valence-electron chi connectivity index (χ4n) is 1.32. The van der Waals surface area contributed by atoms with Crippen LogP contribution in [0.3, 0.4) is 0 Å². The van der Waals surface area contributed by atoms with Crippen molar-refractivity contribution in [2.75, 3.05) is 66.1 Å². The lowest BCUT2D eigenvalue weighted by Gasteiger charge is -2.01. The van der Waals surface area contributed by atoms with Crippen LogP contribution in [0.5, 0.6) is 11.5 Å². The van der Waals surface area contributed by atoms with Crippen LogP contribution in [0.25, 0.3) is 0 Å². The van der Waals surface area contributed by atoms with Gasteiger partial charge in [-0.3, -0.25) is 0 Å². The molecule has 8 heteroatoms. The maximum atomic E-state index is 8.63. The Hall–Kier alpha value is -2.20. The molecular formula is C26H48O8. The van der Waals surface area contributed by atoms with Crippen molar-refractivity contribution in [1.29, 1.82) is 0 Å². The fraction of sp³-hybridized carbons (Fsp3) is 0.538. The lowest BCUT2D eigenvalue weighted by atomic mass is 10.3. The van der Waals surface area contributed by atoms with Gasteiger partial charge in [0.2, 0.25) is 0 Å². The molecule has 2 fully saturated rings. The molecule has 0 bridgehead atoms. The lowest BCUT2D eigenvalue weighted by Crippen LogP contribution is -2.00. The predicted molar refractivity (Wildman–Crippen MR) is 139 cm³/mol. The predicted octanol–water partition coefficient (Wildman–Crippen LogP) is 3.77. The Morgan fingerprint density at radius 3 is 1.32 bits per heavy atom. The van der Waals surface area contributed by atoms with E-state index in [4.69, 9.17) is 29.9 Å². The number of phenolic OH excluding ortho intramolecular Hbond substituents is 1. The van der Waals surface area contributed by atoms with Crippen molar-refractivity contribution < 1.29 is 39.4 Å². The average Bonchev–Trinajstić information content (AvgIpc) is 3.71. The van der Waals surface area contributed by atoms with Crippen LogP contribution in [0.1, 0.15) is 28.7 Å². The van der Waals surface area contributed by atoms with Crippen molar-refractivity contribution in [3.63, 3.8) is 0 Å². The maximum Gasteiger partial charge on any atom is 0.119 e. The molecule has 2 heterocycles. The van der Waals surface area contributed by atoms with Gasteiger partial charge in [0, 0.05) is 13.2 Å². The van der Waals surface area contributed by atoms with Gasteiger partial charge in [0.1, 0.15) is 18.1 Å². The minimum Gasteiger partial charge on any atom is -0.508 e. The number of para-hydroxylation sites is 2. The van der Waals surface area contributed by atoms with Gasteiger partial charge in [-0.1, -0.05) is 51.3 Å². The third-order valence-corrected chi connectivity index (χ3v) is 2.71. The molecule has 0 atom stereocenters. The van der Waals surface area contributed by atoms with Crippen LogP contribution in [0, 0.1) is 0 Å². The van der Waals surface area contributed by atoms with Gasteiger partial charge in [0.25, 0.3) is 0 Å². The number of epoxide rings is 2. The number of aromatic hydroxyl groups is 1. The highest BCUT2D eigenvalue weighted by atomic mass is 16.6. The number of rotatable bonds is 6. The van der Waals surface area contributed by atoms with Crippen LogP contribution in [0.15, 0.2) is 60.7 Å². The second-order valence-electron chi connectivity index (χ2n) is 5.68. The van der Waals surface area contributed by atoms with E-state index in [0.29, 0.717) is 25.6 Å². The van der Waals surface area contributed by atoms with Gasteiger partial charge in [0.05, 0.1) is 46.2 Å². The van der Waals surface area contributed by atoms with E-state index < -0.39 is 0 Å². The molecule has 4 N–H and O–H groups in total. The molecule has 2 aromatic rings. The molecule has 0 amide bonds. The second kappa shape index (κ2) is 35.4. The van der Waals surface area contributed by atoms with E-state index in [0.717, 1.165) is 32.2 Å². The molecule has 0 radical (unpaired) electrons. The molecule has 0 aromatic heterocycles. The highest BCUT2D eigenvalue weighted by Crippen LogP contribution is 2.07. The molecular weight excluding hydrogens is 440 g/mol. The topological polar surface area (TPSA) is 124 Å². The van der Waals surface area contributed by atoms with E-state index >= 15 is 0 Å². The monoisotopic (exact) mass is 488 g/mol. The van der Waals surface area contributed by atoms with Crippen LogP contribution >= 0.6 is 0 Å². The van der Waals surface area contributed by atoms with Gasteiger partial charge in [0.15, 0.2) is 0 Å². The second-order valence-corrected chi connectivity index (χ2v) is 5.68. The van der Waals surface area contributed by atoms with Crippen LogP contribution in [0.4, 0.5) is 0 Å². The standard InChI is InChI=1S/C8H10O2.C6H6O.C4H10O2.2C2H4O.C2H6O.2CH4/c9-6-7-10-8-4-2-1-3-5-8;7-6-4-2-1-3-5-6;1-2-6-4-3-5;2*1-2-3-1;1-2-3;;/h1-5,9H,6-7H2;1-5,7H;5H,2-4H2,1H3;2*1-2H2;3H,2H2,1H3;2*1H4. The summed E-state index contributed by atoms with van der Waals surface area (Å²) in [5.41, 5.74) is 0. The van der Waals surface area contributed by atoms with Crippen molar-refractivity contribution in [1.82, 2.24) is 0 Å². The first-order valence-electron chi connectivity index (χ1n) is 10.6. The van der Waals surface area contributed by atoms with Gasteiger partial charge < -0.3 is 39.4 Å². The summed E-state index contributed by atoms with van der Waals surface area (Å²) in [6.07, 6.45) is 0. The summed E-state index contributed by atoms with van der Waals surface area (Å²) in [5.74, 6) is 1.12. The van der Waals surface area contributed by atoms with Crippen molar-refractivity contribution in [3.05, 3.63) is 60.7 Å². The minimum absolute atomic E-state index is 0. The Kier molecular flexibility index (Phi) is 40.6. The summed E-state index contributed by atoms with van der Waals surface area (Å²) >= 11 is 0. The van der Waals surface area contributed by atoms with Crippen LogP contribution < -0.4 is 4.74 Å². The van der Waals surface area contributed by atoms with Crippen LogP contribution in [0.2, 0.25) is 0 Å². The Labute approximate surface area is 206 Å². The zero-order valence-electron chi connectivity index (χ0n) is 19.3.